The van der Waals surface area contributed by atoms with Crippen LogP contribution < -0.4 is 5.32 Å². The predicted molar refractivity (Wildman–Crippen MR) is 108 cm³/mol. The SMILES string of the molecule is CC(C)CC(=O)N1CCN(C(=O)c2ccccc2Nc2ccccc2)CC1. The molecule has 1 aliphatic heterocycles. The van der Waals surface area contributed by atoms with Crippen molar-refractivity contribution in [1.82, 2.24) is 9.80 Å². The molecule has 0 spiro atoms. The first kappa shape index (κ1) is 19.0. The van der Waals surface area contributed by atoms with Crippen LogP contribution in [0.2, 0.25) is 0 Å². The molecule has 0 bridgehead atoms. The number of carbonyl (C=O) groups excluding carboxylic acids is 2. The number of piperazine rings is 1. The van der Waals surface area contributed by atoms with Gasteiger partial charge in [0.2, 0.25) is 5.91 Å². The van der Waals surface area contributed by atoms with Crippen LogP contribution in [0.5, 0.6) is 0 Å². The van der Waals surface area contributed by atoms with Gasteiger partial charge in [-0.05, 0) is 30.2 Å². The third-order valence-electron chi connectivity index (χ3n) is 4.71. The number of anilines is 2. The quantitative estimate of drug-likeness (QED) is 0.878. The lowest BCUT2D eigenvalue weighted by Crippen LogP contribution is -2.50. The average Bonchev–Trinajstić information content (AvgIpc) is 2.68. The van der Waals surface area contributed by atoms with Crippen LogP contribution >= 0.6 is 0 Å². The standard InChI is InChI=1S/C22H27N3O2/c1-17(2)16-21(26)24-12-14-25(15-13-24)22(27)19-10-6-7-11-20(19)23-18-8-4-3-5-9-18/h3-11,17,23H,12-16H2,1-2H3. The van der Waals surface area contributed by atoms with E-state index in [1.54, 1.807) is 0 Å². The molecule has 0 aliphatic carbocycles. The highest BCUT2D eigenvalue weighted by Gasteiger charge is 2.26. The number of benzene rings is 2. The molecule has 142 valence electrons. The normalized spacial score (nSPS) is 14.3. The summed E-state index contributed by atoms with van der Waals surface area (Å²) in [5.74, 6) is 0.543. The number of carbonyl (C=O) groups is 2. The molecule has 1 heterocycles. The molecule has 5 heteroatoms. The van der Waals surface area contributed by atoms with Crippen LogP contribution in [0.4, 0.5) is 11.4 Å². The van der Waals surface area contributed by atoms with E-state index in [1.807, 2.05) is 78.2 Å². The van der Waals surface area contributed by atoms with Gasteiger partial charge in [0, 0.05) is 38.3 Å². The molecule has 0 radical (unpaired) electrons. The van der Waals surface area contributed by atoms with E-state index in [1.165, 1.54) is 0 Å². The summed E-state index contributed by atoms with van der Waals surface area (Å²) < 4.78 is 0. The maximum Gasteiger partial charge on any atom is 0.256 e. The molecule has 1 aliphatic rings. The minimum absolute atomic E-state index is 0.00462. The number of nitrogens with zero attached hydrogens (tertiary/aromatic N) is 2. The van der Waals surface area contributed by atoms with Crippen LogP contribution in [0.3, 0.4) is 0 Å². The van der Waals surface area contributed by atoms with Gasteiger partial charge in [-0.3, -0.25) is 9.59 Å². The summed E-state index contributed by atoms with van der Waals surface area (Å²) in [6.07, 6.45) is 0.567. The number of rotatable bonds is 5. The first-order valence-corrected chi connectivity index (χ1v) is 9.52. The molecule has 1 fully saturated rings. The topological polar surface area (TPSA) is 52.7 Å². The van der Waals surface area contributed by atoms with Crippen molar-refractivity contribution in [2.24, 2.45) is 5.92 Å². The fourth-order valence-corrected chi connectivity index (χ4v) is 3.26. The monoisotopic (exact) mass is 365 g/mol. The van der Waals surface area contributed by atoms with Gasteiger partial charge in [0.05, 0.1) is 11.3 Å². The molecule has 2 aromatic carbocycles. The summed E-state index contributed by atoms with van der Waals surface area (Å²) in [6.45, 7) is 6.45. The number of hydrogen-bond acceptors (Lipinski definition) is 3. The highest BCUT2D eigenvalue weighted by atomic mass is 16.2. The zero-order valence-electron chi connectivity index (χ0n) is 16.0. The van der Waals surface area contributed by atoms with E-state index in [9.17, 15) is 9.59 Å². The van der Waals surface area contributed by atoms with Crippen LogP contribution in [-0.2, 0) is 4.79 Å². The summed E-state index contributed by atoms with van der Waals surface area (Å²) in [7, 11) is 0. The number of para-hydroxylation sites is 2. The molecular formula is C22H27N3O2. The second-order valence-corrected chi connectivity index (χ2v) is 7.31. The van der Waals surface area contributed by atoms with Crippen LogP contribution in [0.25, 0.3) is 0 Å². The molecule has 1 saturated heterocycles. The number of amides is 2. The van der Waals surface area contributed by atoms with Gasteiger partial charge in [0.15, 0.2) is 0 Å². The van der Waals surface area contributed by atoms with Crippen molar-refractivity contribution >= 4 is 23.2 Å². The molecule has 2 aromatic rings. The molecule has 5 nitrogen and oxygen atoms in total. The highest BCUT2D eigenvalue weighted by Crippen LogP contribution is 2.22. The largest absolute Gasteiger partial charge is 0.355 e. The first-order chi connectivity index (χ1) is 13.0. The van der Waals surface area contributed by atoms with Gasteiger partial charge in [-0.15, -0.1) is 0 Å². The fraction of sp³-hybridized carbons (Fsp3) is 0.364. The average molecular weight is 365 g/mol. The summed E-state index contributed by atoms with van der Waals surface area (Å²) in [5, 5.41) is 3.33. The maximum atomic E-state index is 13.0. The second kappa shape index (κ2) is 8.71. The van der Waals surface area contributed by atoms with Gasteiger partial charge in [0.25, 0.3) is 5.91 Å². The van der Waals surface area contributed by atoms with Crippen molar-refractivity contribution in [2.75, 3.05) is 31.5 Å². The van der Waals surface area contributed by atoms with Crippen LogP contribution in [0.15, 0.2) is 54.6 Å². The van der Waals surface area contributed by atoms with E-state index >= 15 is 0 Å². The Morgan fingerprint density at radius 3 is 2.15 bits per heavy atom. The van der Waals surface area contributed by atoms with E-state index < -0.39 is 0 Å². The Morgan fingerprint density at radius 1 is 0.889 bits per heavy atom. The van der Waals surface area contributed by atoms with Crippen LogP contribution in [0, 0.1) is 5.92 Å². The first-order valence-electron chi connectivity index (χ1n) is 9.52. The lowest BCUT2D eigenvalue weighted by molar-refractivity contribution is -0.133. The Kier molecular flexibility index (Phi) is 6.12. The minimum atomic E-state index is 0.00462. The Hall–Kier alpha value is -2.82. The van der Waals surface area contributed by atoms with E-state index in [-0.39, 0.29) is 11.8 Å². The molecule has 0 unspecified atom stereocenters. The van der Waals surface area contributed by atoms with Crippen molar-refractivity contribution in [3.8, 4) is 0 Å². The summed E-state index contributed by atoms with van der Waals surface area (Å²) >= 11 is 0. The van der Waals surface area contributed by atoms with Gasteiger partial charge in [-0.2, -0.15) is 0 Å². The van der Waals surface area contributed by atoms with E-state index in [0.717, 1.165) is 11.4 Å². The van der Waals surface area contributed by atoms with Crippen molar-refractivity contribution in [1.29, 1.82) is 0 Å². The minimum Gasteiger partial charge on any atom is -0.355 e. The molecular weight excluding hydrogens is 338 g/mol. The van der Waals surface area contributed by atoms with E-state index in [4.69, 9.17) is 0 Å². The van der Waals surface area contributed by atoms with Crippen LogP contribution in [0.1, 0.15) is 30.6 Å². The zero-order chi connectivity index (χ0) is 19.2. The molecule has 2 amide bonds. The smallest absolute Gasteiger partial charge is 0.256 e. The lowest BCUT2D eigenvalue weighted by atomic mass is 10.1. The molecule has 0 aromatic heterocycles. The van der Waals surface area contributed by atoms with Gasteiger partial charge in [0.1, 0.15) is 0 Å². The Morgan fingerprint density at radius 2 is 1.48 bits per heavy atom. The number of nitrogens with one attached hydrogen (secondary N) is 1. The number of hydrogen-bond donors (Lipinski definition) is 1. The third-order valence-corrected chi connectivity index (χ3v) is 4.71. The van der Waals surface area contributed by atoms with Gasteiger partial charge < -0.3 is 15.1 Å². The maximum absolute atomic E-state index is 13.0. The van der Waals surface area contributed by atoms with E-state index in [0.29, 0.717) is 44.1 Å². The second-order valence-electron chi connectivity index (χ2n) is 7.31. The van der Waals surface area contributed by atoms with Gasteiger partial charge in [-0.1, -0.05) is 44.2 Å². The fourth-order valence-electron chi connectivity index (χ4n) is 3.26. The third kappa shape index (κ3) is 4.88. The summed E-state index contributed by atoms with van der Waals surface area (Å²) in [5.41, 5.74) is 2.40. The van der Waals surface area contributed by atoms with Gasteiger partial charge in [-0.25, -0.2) is 0 Å². The van der Waals surface area contributed by atoms with Gasteiger partial charge >= 0.3 is 0 Å². The zero-order valence-corrected chi connectivity index (χ0v) is 16.0. The molecule has 0 saturated carbocycles. The predicted octanol–water partition coefficient (Wildman–Crippen LogP) is 3.76. The Balaban J connectivity index is 1.66. The lowest BCUT2D eigenvalue weighted by Gasteiger charge is -2.35. The molecule has 3 rings (SSSR count). The summed E-state index contributed by atoms with van der Waals surface area (Å²) in [6, 6.07) is 17.4. The Labute approximate surface area is 161 Å². The molecule has 0 atom stereocenters. The molecule has 27 heavy (non-hydrogen) atoms. The van der Waals surface area contributed by atoms with Crippen molar-refractivity contribution < 1.29 is 9.59 Å². The van der Waals surface area contributed by atoms with Crippen molar-refractivity contribution in [3.63, 3.8) is 0 Å². The molecule has 1 N–H and O–H groups in total. The summed E-state index contributed by atoms with van der Waals surface area (Å²) in [4.78, 5) is 29.0. The van der Waals surface area contributed by atoms with Crippen molar-refractivity contribution in [3.05, 3.63) is 60.2 Å². The van der Waals surface area contributed by atoms with Crippen molar-refractivity contribution in [2.45, 2.75) is 20.3 Å². The van der Waals surface area contributed by atoms with E-state index in [2.05, 4.69) is 5.32 Å². The Bertz CT molecular complexity index is 781. The van der Waals surface area contributed by atoms with Crippen LogP contribution in [-0.4, -0.2) is 47.8 Å². The highest BCUT2D eigenvalue weighted by molar-refractivity contribution is 6.00.